The zero-order valence-corrected chi connectivity index (χ0v) is 10.9. The normalized spacial score (nSPS) is 13.2. The fourth-order valence-corrected chi connectivity index (χ4v) is 2.09. The number of benzene rings is 1. The van der Waals surface area contributed by atoms with E-state index < -0.39 is 0 Å². The zero-order valence-electron chi connectivity index (χ0n) is 10.9. The molecule has 0 amide bonds. The first-order valence-electron chi connectivity index (χ1n) is 6.14. The lowest BCUT2D eigenvalue weighted by atomic mass is 9.88. The van der Waals surface area contributed by atoms with Crippen molar-refractivity contribution in [2.24, 2.45) is 17.6 Å². The first-order valence-corrected chi connectivity index (χ1v) is 6.14. The second-order valence-corrected chi connectivity index (χ2v) is 4.87. The Kier molecular flexibility index (Phi) is 3.48. The van der Waals surface area contributed by atoms with Crippen LogP contribution in [-0.2, 0) is 0 Å². The van der Waals surface area contributed by atoms with E-state index in [0.717, 1.165) is 5.52 Å². The summed E-state index contributed by atoms with van der Waals surface area (Å²) in [5.74, 6) is 0.762. The predicted octanol–water partition coefficient (Wildman–Crippen LogP) is 2.55. The molecule has 0 spiro atoms. The number of nitrogens with zero attached hydrogens (tertiary/aromatic N) is 1. The van der Waals surface area contributed by atoms with Crippen molar-refractivity contribution >= 4 is 16.9 Å². The Morgan fingerprint density at radius 2 is 2.17 bits per heavy atom. The van der Waals surface area contributed by atoms with Crippen LogP contribution in [0.2, 0.25) is 0 Å². The smallest absolute Gasteiger partial charge is 0.192 e. The standard InChI is InChI=1S/C14H18N2O2/c1-8(2)11(7-15)14(17)10-4-5-12-13(6-10)18-9(3)16-12/h4-6,8,11H,7,15H2,1-3H3. The lowest BCUT2D eigenvalue weighted by Gasteiger charge is -2.17. The van der Waals surface area contributed by atoms with Gasteiger partial charge in [-0.05, 0) is 24.1 Å². The molecule has 2 rings (SSSR count). The maximum atomic E-state index is 12.3. The fourth-order valence-electron chi connectivity index (χ4n) is 2.09. The van der Waals surface area contributed by atoms with Crippen molar-refractivity contribution in [3.63, 3.8) is 0 Å². The van der Waals surface area contributed by atoms with E-state index in [9.17, 15) is 4.79 Å². The molecule has 4 heteroatoms. The Balaban J connectivity index is 2.38. The summed E-state index contributed by atoms with van der Waals surface area (Å²) >= 11 is 0. The van der Waals surface area contributed by atoms with Gasteiger partial charge in [-0.15, -0.1) is 0 Å². The summed E-state index contributed by atoms with van der Waals surface area (Å²) in [7, 11) is 0. The Morgan fingerprint density at radius 1 is 1.44 bits per heavy atom. The van der Waals surface area contributed by atoms with Gasteiger partial charge in [-0.3, -0.25) is 4.79 Å². The number of Topliss-reactive ketones (excluding diaryl/α,β-unsaturated/α-hetero) is 1. The monoisotopic (exact) mass is 246 g/mol. The summed E-state index contributed by atoms with van der Waals surface area (Å²) in [6.45, 7) is 6.17. The third-order valence-corrected chi connectivity index (χ3v) is 3.18. The van der Waals surface area contributed by atoms with Crippen molar-refractivity contribution in [1.82, 2.24) is 4.98 Å². The Morgan fingerprint density at radius 3 is 2.78 bits per heavy atom. The number of ketones is 1. The predicted molar refractivity (Wildman–Crippen MR) is 70.5 cm³/mol. The van der Waals surface area contributed by atoms with Crippen molar-refractivity contribution in [3.8, 4) is 0 Å². The maximum absolute atomic E-state index is 12.3. The van der Waals surface area contributed by atoms with Gasteiger partial charge in [-0.1, -0.05) is 13.8 Å². The fraction of sp³-hybridized carbons (Fsp3) is 0.429. The largest absolute Gasteiger partial charge is 0.441 e. The van der Waals surface area contributed by atoms with Crippen LogP contribution in [0.4, 0.5) is 0 Å². The quantitative estimate of drug-likeness (QED) is 0.842. The summed E-state index contributed by atoms with van der Waals surface area (Å²) in [6, 6.07) is 5.35. The van der Waals surface area contributed by atoms with Crippen molar-refractivity contribution < 1.29 is 9.21 Å². The topological polar surface area (TPSA) is 69.1 Å². The summed E-state index contributed by atoms with van der Waals surface area (Å²) in [4.78, 5) is 16.5. The van der Waals surface area contributed by atoms with Crippen LogP contribution in [0.5, 0.6) is 0 Å². The molecule has 0 aliphatic heterocycles. The van der Waals surface area contributed by atoms with Crippen molar-refractivity contribution in [3.05, 3.63) is 29.7 Å². The Bertz CT molecular complexity index is 572. The molecule has 0 radical (unpaired) electrons. The van der Waals surface area contributed by atoms with Gasteiger partial charge in [-0.2, -0.15) is 0 Å². The van der Waals surface area contributed by atoms with Crippen LogP contribution in [-0.4, -0.2) is 17.3 Å². The highest BCUT2D eigenvalue weighted by molar-refractivity contribution is 6.00. The second-order valence-electron chi connectivity index (χ2n) is 4.87. The van der Waals surface area contributed by atoms with E-state index in [2.05, 4.69) is 4.98 Å². The van der Waals surface area contributed by atoms with Crippen molar-refractivity contribution in [2.75, 3.05) is 6.54 Å². The second kappa shape index (κ2) is 4.90. The molecule has 1 atom stereocenters. The van der Waals surface area contributed by atoms with E-state index >= 15 is 0 Å². The summed E-state index contributed by atoms with van der Waals surface area (Å²) in [6.07, 6.45) is 0. The van der Waals surface area contributed by atoms with Gasteiger partial charge in [0, 0.05) is 24.9 Å². The number of hydrogen-bond donors (Lipinski definition) is 1. The van der Waals surface area contributed by atoms with E-state index in [4.69, 9.17) is 10.2 Å². The molecule has 1 heterocycles. The van der Waals surface area contributed by atoms with Crippen LogP contribution in [0, 0.1) is 18.8 Å². The lowest BCUT2D eigenvalue weighted by Crippen LogP contribution is -2.28. The molecule has 0 aliphatic carbocycles. The van der Waals surface area contributed by atoms with Gasteiger partial charge < -0.3 is 10.2 Å². The minimum absolute atomic E-state index is 0.0726. The Labute approximate surface area is 106 Å². The molecular formula is C14H18N2O2. The number of oxazole rings is 1. The number of carbonyl (C=O) groups is 1. The van der Waals surface area contributed by atoms with E-state index in [-0.39, 0.29) is 17.6 Å². The van der Waals surface area contributed by atoms with Gasteiger partial charge in [-0.25, -0.2) is 4.98 Å². The van der Waals surface area contributed by atoms with Gasteiger partial charge in [0.15, 0.2) is 17.3 Å². The highest BCUT2D eigenvalue weighted by atomic mass is 16.3. The first kappa shape index (κ1) is 12.8. The molecule has 1 unspecified atom stereocenters. The minimum Gasteiger partial charge on any atom is -0.441 e. The van der Waals surface area contributed by atoms with Gasteiger partial charge in [0.1, 0.15) is 5.52 Å². The molecule has 0 aliphatic rings. The molecule has 0 bridgehead atoms. The molecule has 1 aromatic heterocycles. The number of fused-ring (bicyclic) bond motifs is 1. The van der Waals surface area contributed by atoms with E-state index in [1.54, 1.807) is 19.1 Å². The summed E-state index contributed by atoms with van der Waals surface area (Å²) in [5.41, 5.74) is 7.74. The molecule has 0 saturated carbocycles. The van der Waals surface area contributed by atoms with Gasteiger partial charge in [0.25, 0.3) is 0 Å². The van der Waals surface area contributed by atoms with Gasteiger partial charge >= 0.3 is 0 Å². The SMILES string of the molecule is Cc1nc2ccc(C(=O)C(CN)C(C)C)cc2o1. The number of hydrogen-bond acceptors (Lipinski definition) is 4. The molecule has 0 fully saturated rings. The minimum atomic E-state index is -0.147. The van der Waals surface area contributed by atoms with Gasteiger partial charge in [0.2, 0.25) is 0 Å². The molecular weight excluding hydrogens is 228 g/mol. The lowest BCUT2D eigenvalue weighted by molar-refractivity contribution is 0.0892. The Hall–Kier alpha value is -1.68. The molecule has 2 N–H and O–H groups in total. The molecule has 1 aromatic carbocycles. The maximum Gasteiger partial charge on any atom is 0.192 e. The highest BCUT2D eigenvalue weighted by Gasteiger charge is 2.22. The average Bonchev–Trinajstić information content (AvgIpc) is 2.68. The summed E-state index contributed by atoms with van der Waals surface area (Å²) in [5, 5.41) is 0. The van der Waals surface area contributed by atoms with Crippen molar-refractivity contribution in [1.29, 1.82) is 0 Å². The van der Waals surface area contributed by atoms with Crippen LogP contribution in [0.15, 0.2) is 22.6 Å². The molecule has 96 valence electrons. The van der Waals surface area contributed by atoms with E-state index in [1.165, 1.54) is 0 Å². The van der Waals surface area contributed by atoms with Crippen LogP contribution in [0.1, 0.15) is 30.1 Å². The van der Waals surface area contributed by atoms with Crippen molar-refractivity contribution in [2.45, 2.75) is 20.8 Å². The number of nitrogens with two attached hydrogens (primary N) is 1. The van der Waals surface area contributed by atoms with Crippen LogP contribution in [0.3, 0.4) is 0 Å². The van der Waals surface area contributed by atoms with E-state index in [0.29, 0.717) is 23.6 Å². The number of aryl methyl sites for hydroxylation is 1. The first-order chi connectivity index (χ1) is 8.52. The number of aromatic nitrogens is 1. The van der Waals surface area contributed by atoms with E-state index in [1.807, 2.05) is 19.9 Å². The zero-order chi connectivity index (χ0) is 13.3. The number of carbonyl (C=O) groups excluding carboxylic acids is 1. The van der Waals surface area contributed by atoms with Crippen LogP contribution in [0.25, 0.3) is 11.1 Å². The molecule has 2 aromatic rings. The van der Waals surface area contributed by atoms with Gasteiger partial charge in [0.05, 0.1) is 0 Å². The third kappa shape index (κ3) is 2.29. The molecule has 0 saturated heterocycles. The third-order valence-electron chi connectivity index (χ3n) is 3.18. The van der Waals surface area contributed by atoms with Crippen LogP contribution < -0.4 is 5.73 Å². The molecule has 18 heavy (non-hydrogen) atoms. The molecule has 4 nitrogen and oxygen atoms in total. The number of rotatable bonds is 4. The summed E-state index contributed by atoms with van der Waals surface area (Å²) < 4.78 is 5.44. The average molecular weight is 246 g/mol. The highest BCUT2D eigenvalue weighted by Crippen LogP contribution is 2.21. The van der Waals surface area contributed by atoms with Crippen LogP contribution >= 0.6 is 0 Å².